The van der Waals surface area contributed by atoms with Crippen molar-refractivity contribution in [1.29, 1.82) is 5.26 Å². The quantitative estimate of drug-likeness (QED) is 0.530. The van der Waals surface area contributed by atoms with Crippen molar-refractivity contribution in [3.05, 3.63) is 0 Å². The van der Waals surface area contributed by atoms with Gasteiger partial charge in [-0.2, -0.15) is 5.26 Å². The summed E-state index contributed by atoms with van der Waals surface area (Å²) in [5, 5.41) is 9.61. The van der Waals surface area contributed by atoms with Crippen molar-refractivity contribution in [3.63, 3.8) is 0 Å². The van der Waals surface area contributed by atoms with Crippen LogP contribution in [0.2, 0.25) is 0 Å². The zero-order valence-corrected chi connectivity index (χ0v) is 10.9. The molecule has 19 heavy (non-hydrogen) atoms. The van der Waals surface area contributed by atoms with Crippen LogP contribution >= 0.6 is 0 Å². The normalized spacial score (nSPS) is 33.9. The molecule has 0 N–H and O–H groups in total. The Morgan fingerprint density at radius 2 is 1.58 bits per heavy atom. The van der Waals surface area contributed by atoms with E-state index in [-0.39, 0.29) is 11.8 Å². The first-order valence-corrected chi connectivity index (χ1v) is 7.13. The molecule has 2 heterocycles. The van der Waals surface area contributed by atoms with E-state index in [1.54, 1.807) is 0 Å². The molecule has 1 saturated carbocycles. The summed E-state index contributed by atoms with van der Waals surface area (Å²) < 4.78 is 5.41. The van der Waals surface area contributed by atoms with E-state index >= 15 is 0 Å². The van der Waals surface area contributed by atoms with Crippen LogP contribution in [0.3, 0.4) is 0 Å². The molecule has 5 nitrogen and oxygen atoms in total. The van der Waals surface area contributed by atoms with Gasteiger partial charge < -0.3 is 4.74 Å². The van der Waals surface area contributed by atoms with E-state index in [1.165, 1.54) is 4.90 Å². The number of hydrogen-bond acceptors (Lipinski definition) is 4. The molecule has 2 amide bonds. The van der Waals surface area contributed by atoms with Gasteiger partial charge >= 0.3 is 0 Å². The zero-order valence-electron chi connectivity index (χ0n) is 10.9. The summed E-state index contributed by atoms with van der Waals surface area (Å²) in [7, 11) is 0. The third kappa shape index (κ3) is 1.86. The Labute approximate surface area is 112 Å². The minimum Gasteiger partial charge on any atom is -0.355 e. The van der Waals surface area contributed by atoms with Crippen LogP contribution in [-0.4, -0.2) is 34.5 Å². The monoisotopic (exact) mass is 262 g/mol. The maximum Gasteiger partial charge on any atom is 0.259 e. The van der Waals surface area contributed by atoms with Gasteiger partial charge in [0, 0.05) is 0 Å². The van der Waals surface area contributed by atoms with Gasteiger partial charge in [-0.25, -0.2) is 0 Å². The largest absolute Gasteiger partial charge is 0.355 e. The highest BCUT2D eigenvalue weighted by molar-refractivity contribution is 6.03. The molecule has 3 aliphatic rings. The molecular weight excluding hydrogens is 244 g/mol. The number of carbonyl (C=O) groups is 2. The molecule has 2 unspecified atom stereocenters. The number of imide groups is 1. The SMILES string of the molecule is N#CC1(N2C(=O)C3CCC(O3)C2=O)CCCCCC1. The van der Waals surface area contributed by atoms with Crippen LogP contribution in [0.5, 0.6) is 0 Å². The van der Waals surface area contributed by atoms with Crippen LogP contribution < -0.4 is 0 Å². The Morgan fingerprint density at radius 3 is 2.05 bits per heavy atom. The van der Waals surface area contributed by atoms with Gasteiger partial charge in [-0.15, -0.1) is 0 Å². The Balaban J connectivity index is 1.96. The lowest BCUT2D eigenvalue weighted by Gasteiger charge is -2.41. The summed E-state index contributed by atoms with van der Waals surface area (Å²) in [5.41, 5.74) is -0.921. The Bertz CT molecular complexity index is 424. The zero-order chi connectivity index (χ0) is 13.5. The van der Waals surface area contributed by atoms with Crippen LogP contribution in [-0.2, 0) is 14.3 Å². The number of hydrogen-bond donors (Lipinski definition) is 0. The summed E-state index contributed by atoms with van der Waals surface area (Å²) in [4.78, 5) is 26.1. The number of nitriles is 1. The molecular formula is C14H18N2O3. The van der Waals surface area contributed by atoms with Gasteiger partial charge in [0.25, 0.3) is 11.8 Å². The standard InChI is InChI=1S/C14H18N2O3/c15-9-14(7-3-1-2-4-8-14)16-12(17)10-5-6-11(19-10)13(16)18/h10-11H,1-8H2. The molecule has 0 aromatic carbocycles. The summed E-state index contributed by atoms with van der Waals surface area (Å²) in [6.45, 7) is 0. The molecule has 1 aliphatic carbocycles. The highest BCUT2D eigenvalue weighted by Crippen LogP contribution is 2.38. The summed E-state index contributed by atoms with van der Waals surface area (Å²) >= 11 is 0. The Kier molecular flexibility index (Phi) is 3.06. The number of nitrogens with zero attached hydrogens (tertiary/aromatic N) is 2. The fraction of sp³-hybridized carbons (Fsp3) is 0.786. The van der Waals surface area contributed by atoms with Crippen molar-refractivity contribution in [2.45, 2.75) is 69.1 Å². The van der Waals surface area contributed by atoms with Crippen LogP contribution in [0.15, 0.2) is 0 Å². The van der Waals surface area contributed by atoms with Gasteiger partial charge in [-0.1, -0.05) is 25.7 Å². The van der Waals surface area contributed by atoms with Crippen LogP contribution in [0.4, 0.5) is 0 Å². The molecule has 3 rings (SSSR count). The average molecular weight is 262 g/mol. The van der Waals surface area contributed by atoms with E-state index in [4.69, 9.17) is 4.74 Å². The lowest BCUT2D eigenvalue weighted by molar-refractivity contribution is -0.174. The van der Waals surface area contributed by atoms with Crippen molar-refractivity contribution < 1.29 is 14.3 Å². The molecule has 2 bridgehead atoms. The Morgan fingerprint density at radius 1 is 1.05 bits per heavy atom. The predicted molar refractivity (Wildman–Crippen MR) is 65.8 cm³/mol. The molecule has 3 fully saturated rings. The first-order valence-electron chi connectivity index (χ1n) is 7.13. The molecule has 0 aromatic heterocycles. The number of carbonyl (C=O) groups excluding carboxylic acids is 2. The minimum atomic E-state index is -0.921. The number of amides is 2. The number of ether oxygens (including phenoxy) is 1. The lowest BCUT2D eigenvalue weighted by atomic mass is 9.88. The maximum absolute atomic E-state index is 12.4. The molecule has 2 saturated heterocycles. The van der Waals surface area contributed by atoms with Crippen LogP contribution in [0.25, 0.3) is 0 Å². The highest BCUT2D eigenvalue weighted by atomic mass is 16.5. The van der Waals surface area contributed by atoms with Crippen molar-refractivity contribution in [3.8, 4) is 6.07 Å². The van der Waals surface area contributed by atoms with Gasteiger partial charge in [-0.05, 0) is 25.7 Å². The molecule has 5 heteroatoms. The van der Waals surface area contributed by atoms with Gasteiger partial charge in [0.15, 0.2) is 0 Å². The van der Waals surface area contributed by atoms with E-state index in [2.05, 4.69) is 6.07 Å². The highest BCUT2D eigenvalue weighted by Gasteiger charge is 2.54. The lowest BCUT2D eigenvalue weighted by Crippen LogP contribution is -2.61. The third-order valence-electron chi connectivity index (χ3n) is 4.58. The van der Waals surface area contributed by atoms with Gasteiger partial charge in [0.1, 0.15) is 17.7 Å². The average Bonchev–Trinajstić information content (AvgIpc) is 2.74. The van der Waals surface area contributed by atoms with Crippen LogP contribution in [0.1, 0.15) is 51.4 Å². The first-order chi connectivity index (χ1) is 9.18. The van der Waals surface area contributed by atoms with Gasteiger partial charge in [0.2, 0.25) is 0 Å². The van der Waals surface area contributed by atoms with Crippen molar-refractivity contribution in [1.82, 2.24) is 4.90 Å². The fourth-order valence-corrected chi connectivity index (χ4v) is 3.52. The molecule has 0 aromatic rings. The predicted octanol–water partition coefficient (Wildman–Crippen LogP) is 1.52. The molecule has 2 atom stereocenters. The number of likely N-dealkylation sites (tertiary alicyclic amines) is 1. The van der Waals surface area contributed by atoms with E-state index in [9.17, 15) is 14.9 Å². The van der Waals surface area contributed by atoms with Gasteiger partial charge in [0.05, 0.1) is 6.07 Å². The summed E-state index contributed by atoms with van der Waals surface area (Å²) in [6.07, 6.45) is 5.38. The molecule has 0 radical (unpaired) electrons. The second-order valence-corrected chi connectivity index (χ2v) is 5.76. The van der Waals surface area contributed by atoms with Gasteiger partial charge in [-0.3, -0.25) is 14.5 Å². The van der Waals surface area contributed by atoms with Crippen molar-refractivity contribution >= 4 is 11.8 Å². The smallest absolute Gasteiger partial charge is 0.259 e. The fourth-order valence-electron chi connectivity index (χ4n) is 3.52. The first kappa shape index (κ1) is 12.6. The number of morpholine rings is 1. The van der Waals surface area contributed by atoms with E-state index in [1.807, 2.05) is 0 Å². The van der Waals surface area contributed by atoms with E-state index in [0.29, 0.717) is 25.7 Å². The summed E-state index contributed by atoms with van der Waals surface area (Å²) in [5.74, 6) is -0.579. The Hall–Kier alpha value is -1.41. The maximum atomic E-state index is 12.4. The van der Waals surface area contributed by atoms with E-state index in [0.717, 1.165) is 25.7 Å². The molecule has 0 spiro atoms. The summed E-state index contributed by atoms with van der Waals surface area (Å²) in [6, 6.07) is 2.29. The number of fused-ring (bicyclic) bond motifs is 2. The minimum absolute atomic E-state index is 0.290. The third-order valence-corrected chi connectivity index (χ3v) is 4.58. The second-order valence-electron chi connectivity index (χ2n) is 5.76. The second kappa shape index (κ2) is 4.61. The molecule has 102 valence electrons. The molecule has 2 aliphatic heterocycles. The van der Waals surface area contributed by atoms with E-state index < -0.39 is 17.7 Å². The topological polar surface area (TPSA) is 70.4 Å². The number of rotatable bonds is 1. The van der Waals surface area contributed by atoms with Crippen molar-refractivity contribution in [2.24, 2.45) is 0 Å². The van der Waals surface area contributed by atoms with Crippen LogP contribution in [0, 0.1) is 11.3 Å². The van der Waals surface area contributed by atoms with Crippen molar-refractivity contribution in [2.75, 3.05) is 0 Å².